The van der Waals surface area contributed by atoms with Gasteiger partial charge in [0, 0.05) is 32.2 Å². The third-order valence-electron chi connectivity index (χ3n) is 4.76. The molecule has 1 aliphatic rings. The van der Waals surface area contributed by atoms with Gasteiger partial charge in [-0.15, -0.1) is 6.42 Å². The summed E-state index contributed by atoms with van der Waals surface area (Å²) in [5.41, 5.74) is 1.90. The highest BCUT2D eigenvalue weighted by molar-refractivity contribution is 5.97. The van der Waals surface area contributed by atoms with Crippen molar-refractivity contribution in [1.29, 1.82) is 0 Å². The van der Waals surface area contributed by atoms with Crippen molar-refractivity contribution in [3.05, 3.63) is 54.1 Å². The lowest BCUT2D eigenvalue weighted by Gasteiger charge is -2.19. The fourth-order valence-electron chi connectivity index (χ4n) is 3.30. The number of amides is 1. The molecule has 30 heavy (non-hydrogen) atoms. The number of rotatable bonds is 7. The van der Waals surface area contributed by atoms with E-state index in [0.717, 1.165) is 11.3 Å². The Morgan fingerprint density at radius 1 is 1.27 bits per heavy atom. The molecule has 7 heteroatoms. The third kappa shape index (κ3) is 5.23. The van der Waals surface area contributed by atoms with Gasteiger partial charge in [0.2, 0.25) is 5.91 Å². The fourth-order valence-corrected chi connectivity index (χ4v) is 3.30. The minimum atomic E-state index is -0.0192. The van der Waals surface area contributed by atoms with Crippen LogP contribution in [-0.4, -0.2) is 45.2 Å². The summed E-state index contributed by atoms with van der Waals surface area (Å²) in [4.78, 5) is 18.5. The number of methoxy groups -OCH3 is 1. The van der Waals surface area contributed by atoms with Crippen LogP contribution in [0.5, 0.6) is 11.5 Å². The molecular weight excluding hydrogens is 380 g/mol. The van der Waals surface area contributed by atoms with Crippen molar-refractivity contribution in [2.75, 3.05) is 32.2 Å². The Balaban J connectivity index is 1.58. The Kier molecular flexibility index (Phi) is 7.17. The van der Waals surface area contributed by atoms with Gasteiger partial charge in [0.15, 0.2) is 17.5 Å². The first-order valence-electron chi connectivity index (χ1n) is 9.70. The standard InChI is InChI=1S/C23H26N4O3/c1-4-12-30-21-13-17(10-11-20(21)29-3)15-25-23(24-2)26-18-14-22(28)27(16-18)19-8-6-5-7-9-19/h1,5-11,13,18H,12,14-16H2,2-3H3,(H2,24,25,26). The predicted octanol–water partition coefficient (Wildman–Crippen LogP) is 2.18. The molecule has 156 valence electrons. The maximum absolute atomic E-state index is 12.4. The van der Waals surface area contributed by atoms with E-state index in [0.29, 0.717) is 37.0 Å². The minimum absolute atomic E-state index is 0.0192. The van der Waals surface area contributed by atoms with Gasteiger partial charge in [-0.1, -0.05) is 30.2 Å². The Hall–Kier alpha value is -3.66. The van der Waals surface area contributed by atoms with Crippen LogP contribution in [0.25, 0.3) is 0 Å². The van der Waals surface area contributed by atoms with Gasteiger partial charge < -0.3 is 25.0 Å². The second kappa shape index (κ2) is 10.2. The molecule has 1 heterocycles. The molecule has 0 spiro atoms. The summed E-state index contributed by atoms with van der Waals surface area (Å²) in [6.07, 6.45) is 5.70. The molecule has 3 rings (SSSR count). The molecule has 1 aliphatic heterocycles. The van der Waals surface area contributed by atoms with Crippen molar-refractivity contribution < 1.29 is 14.3 Å². The molecule has 2 N–H and O–H groups in total. The van der Waals surface area contributed by atoms with E-state index in [2.05, 4.69) is 21.5 Å². The van der Waals surface area contributed by atoms with E-state index in [9.17, 15) is 4.79 Å². The van der Waals surface area contributed by atoms with E-state index in [1.807, 2.05) is 48.5 Å². The number of para-hydroxylation sites is 1. The molecule has 1 unspecified atom stereocenters. The summed E-state index contributed by atoms with van der Waals surface area (Å²) >= 11 is 0. The normalized spacial score (nSPS) is 16.2. The number of benzene rings is 2. The number of hydrogen-bond acceptors (Lipinski definition) is 4. The van der Waals surface area contributed by atoms with Crippen molar-refractivity contribution in [1.82, 2.24) is 10.6 Å². The van der Waals surface area contributed by atoms with Gasteiger partial charge >= 0.3 is 0 Å². The summed E-state index contributed by atoms with van der Waals surface area (Å²) in [7, 11) is 3.29. The van der Waals surface area contributed by atoms with Crippen LogP contribution in [0.4, 0.5) is 5.69 Å². The number of anilines is 1. The van der Waals surface area contributed by atoms with Crippen molar-refractivity contribution in [3.63, 3.8) is 0 Å². The summed E-state index contributed by atoms with van der Waals surface area (Å²) in [5, 5.41) is 6.61. The van der Waals surface area contributed by atoms with E-state index in [1.54, 1.807) is 19.1 Å². The van der Waals surface area contributed by atoms with Crippen LogP contribution in [0.1, 0.15) is 12.0 Å². The molecule has 1 atom stereocenters. The maximum atomic E-state index is 12.4. The minimum Gasteiger partial charge on any atom is -0.493 e. The lowest BCUT2D eigenvalue weighted by atomic mass is 10.2. The summed E-state index contributed by atoms with van der Waals surface area (Å²) in [6.45, 7) is 1.29. The van der Waals surface area contributed by atoms with Gasteiger partial charge in [0.05, 0.1) is 13.2 Å². The Morgan fingerprint density at radius 3 is 2.77 bits per heavy atom. The fraction of sp³-hybridized carbons (Fsp3) is 0.304. The highest BCUT2D eigenvalue weighted by atomic mass is 16.5. The van der Waals surface area contributed by atoms with Gasteiger partial charge in [0.25, 0.3) is 0 Å². The van der Waals surface area contributed by atoms with Gasteiger partial charge in [-0.3, -0.25) is 9.79 Å². The largest absolute Gasteiger partial charge is 0.493 e. The molecule has 0 radical (unpaired) electrons. The number of carbonyl (C=O) groups is 1. The van der Waals surface area contributed by atoms with E-state index < -0.39 is 0 Å². The molecule has 2 aromatic rings. The first-order chi connectivity index (χ1) is 14.6. The predicted molar refractivity (Wildman–Crippen MR) is 118 cm³/mol. The molecule has 2 aromatic carbocycles. The van der Waals surface area contributed by atoms with Gasteiger partial charge in [0.1, 0.15) is 6.61 Å². The van der Waals surface area contributed by atoms with Crippen LogP contribution < -0.4 is 25.0 Å². The Bertz CT molecular complexity index is 937. The first kappa shape index (κ1) is 21.1. The molecule has 0 saturated carbocycles. The molecule has 1 amide bonds. The average Bonchev–Trinajstić information content (AvgIpc) is 3.15. The van der Waals surface area contributed by atoms with Crippen molar-refractivity contribution in [2.45, 2.75) is 19.0 Å². The molecule has 7 nitrogen and oxygen atoms in total. The number of carbonyl (C=O) groups excluding carboxylic acids is 1. The second-order valence-electron chi connectivity index (χ2n) is 6.79. The lowest BCUT2D eigenvalue weighted by molar-refractivity contribution is -0.117. The van der Waals surface area contributed by atoms with Gasteiger partial charge in [-0.25, -0.2) is 0 Å². The number of nitrogens with zero attached hydrogens (tertiary/aromatic N) is 2. The van der Waals surface area contributed by atoms with Crippen LogP contribution in [-0.2, 0) is 11.3 Å². The van der Waals surface area contributed by atoms with Gasteiger partial charge in [-0.05, 0) is 29.8 Å². The van der Waals surface area contributed by atoms with Crippen molar-refractivity contribution >= 4 is 17.6 Å². The molecular formula is C23H26N4O3. The topological polar surface area (TPSA) is 75.2 Å². The number of hydrogen-bond donors (Lipinski definition) is 2. The number of terminal acetylenes is 1. The Morgan fingerprint density at radius 2 is 2.07 bits per heavy atom. The van der Waals surface area contributed by atoms with Crippen LogP contribution in [0.2, 0.25) is 0 Å². The number of guanidine groups is 1. The molecule has 0 aromatic heterocycles. The monoisotopic (exact) mass is 406 g/mol. The zero-order chi connectivity index (χ0) is 21.3. The zero-order valence-corrected chi connectivity index (χ0v) is 17.2. The van der Waals surface area contributed by atoms with E-state index in [1.165, 1.54) is 0 Å². The quantitative estimate of drug-likeness (QED) is 0.419. The average molecular weight is 406 g/mol. The summed E-state index contributed by atoms with van der Waals surface area (Å²) in [5.74, 6) is 4.40. The lowest BCUT2D eigenvalue weighted by Crippen LogP contribution is -2.44. The first-order valence-corrected chi connectivity index (χ1v) is 9.70. The smallest absolute Gasteiger partial charge is 0.229 e. The van der Waals surface area contributed by atoms with Crippen LogP contribution >= 0.6 is 0 Å². The van der Waals surface area contributed by atoms with Crippen LogP contribution in [0.3, 0.4) is 0 Å². The maximum Gasteiger partial charge on any atom is 0.229 e. The molecule has 0 bridgehead atoms. The third-order valence-corrected chi connectivity index (χ3v) is 4.76. The Labute approximate surface area is 177 Å². The zero-order valence-electron chi connectivity index (χ0n) is 17.2. The van der Waals surface area contributed by atoms with Crippen molar-refractivity contribution in [2.24, 2.45) is 4.99 Å². The van der Waals surface area contributed by atoms with Crippen LogP contribution in [0.15, 0.2) is 53.5 Å². The summed E-state index contributed by atoms with van der Waals surface area (Å²) < 4.78 is 10.8. The van der Waals surface area contributed by atoms with E-state index in [-0.39, 0.29) is 18.6 Å². The highest BCUT2D eigenvalue weighted by Gasteiger charge is 2.31. The molecule has 1 saturated heterocycles. The highest BCUT2D eigenvalue weighted by Crippen LogP contribution is 2.28. The number of aliphatic imine (C=N–C) groups is 1. The van der Waals surface area contributed by atoms with E-state index in [4.69, 9.17) is 15.9 Å². The second-order valence-corrected chi connectivity index (χ2v) is 6.79. The SMILES string of the molecule is C#CCOc1cc(CNC(=NC)NC2CC(=O)N(c3ccccc3)C2)ccc1OC. The van der Waals surface area contributed by atoms with Crippen molar-refractivity contribution in [3.8, 4) is 23.8 Å². The van der Waals surface area contributed by atoms with E-state index >= 15 is 0 Å². The molecule has 1 fully saturated rings. The van der Waals surface area contributed by atoms with Crippen LogP contribution in [0, 0.1) is 12.3 Å². The summed E-state index contributed by atoms with van der Waals surface area (Å²) in [6, 6.07) is 15.3. The molecule has 0 aliphatic carbocycles. The number of ether oxygens (including phenoxy) is 2. The number of nitrogens with one attached hydrogen (secondary N) is 2. The van der Waals surface area contributed by atoms with Gasteiger partial charge in [-0.2, -0.15) is 0 Å².